The monoisotopic (exact) mass is 210 g/mol. The maximum Gasteiger partial charge on any atom is 0.346 e. The molecular weight excluding hydrogens is 192 g/mol. The summed E-state index contributed by atoms with van der Waals surface area (Å²) >= 11 is 0. The Labute approximate surface area is 89.9 Å². The fourth-order valence-electron chi connectivity index (χ4n) is 1.10. The highest BCUT2D eigenvalue weighted by molar-refractivity contribution is 5.78. The Morgan fingerprint density at radius 3 is 2.33 bits per heavy atom. The van der Waals surface area contributed by atoms with E-state index in [-0.39, 0.29) is 11.4 Å². The molecule has 5 heteroatoms. The van der Waals surface area contributed by atoms with Gasteiger partial charge in [-0.3, -0.25) is 0 Å². The van der Waals surface area contributed by atoms with Crippen LogP contribution in [0.1, 0.15) is 26.5 Å². The van der Waals surface area contributed by atoms with E-state index in [1.165, 1.54) is 9.58 Å². The summed E-state index contributed by atoms with van der Waals surface area (Å²) in [5, 5.41) is 4.20. The number of anilines is 1. The van der Waals surface area contributed by atoms with Crippen LogP contribution in [0.5, 0.6) is 0 Å². The number of nitrogens with zero attached hydrogens (tertiary/aromatic N) is 3. The Morgan fingerprint density at radius 1 is 1.47 bits per heavy atom. The van der Waals surface area contributed by atoms with Gasteiger partial charge < -0.3 is 10.6 Å². The second kappa shape index (κ2) is 3.56. The highest BCUT2D eigenvalue weighted by atomic mass is 16.2. The molecule has 0 aromatic carbocycles. The van der Waals surface area contributed by atoms with Gasteiger partial charge in [0.05, 0.1) is 5.69 Å². The maximum absolute atomic E-state index is 11.7. The lowest BCUT2D eigenvalue weighted by molar-refractivity contribution is 0.216. The summed E-state index contributed by atoms with van der Waals surface area (Å²) < 4.78 is 1.22. The second-order valence-corrected chi connectivity index (χ2v) is 4.79. The lowest BCUT2D eigenvalue weighted by atomic mass is 9.92. The molecule has 1 aromatic rings. The van der Waals surface area contributed by atoms with Crippen molar-refractivity contribution in [2.24, 2.45) is 0 Å². The van der Waals surface area contributed by atoms with Crippen molar-refractivity contribution in [1.29, 1.82) is 0 Å². The molecule has 0 aliphatic rings. The molecule has 0 atom stereocenters. The Morgan fingerprint density at radius 2 is 2.00 bits per heavy atom. The highest BCUT2D eigenvalue weighted by Gasteiger charge is 2.21. The third kappa shape index (κ3) is 2.29. The molecule has 84 valence electrons. The van der Waals surface area contributed by atoms with Crippen LogP contribution in [0.15, 0.2) is 6.07 Å². The highest BCUT2D eigenvalue weighted by Crippen LogP contribution is 2.22. The molecule has 2 N–H and O–H groups in total. The van der Waals surface area contributed by atoms with Crippen LogP contribution < -0.4 is 5.73 Å². The van der Waals surface area contributed by atoms with Gasteiger partial charge in [-0.1, -0.05) is 20.8 Å². The van der Waals surface area contributed by atoms with Gasteiger partial charge in [0.1, 0.15) is 5.82 Å². The Hall–Kier alpha value is -1.52. The summed E-state index contributed by atoms with van der Waals surface area (Å²) in [4.78, 5) is 13.1. The first-order valence-corrected chi connectivity index (χ1v) is 4.81. The molecule has 1 heterocycles. The van der Waals surface area contributed by atoms with Crippen molar-refractivity contribution in [3.05, 3.63) is 11.8 Å². The molecule has 0 radical (unpaired) electrons. The van der Waals surface area contributed by atoms with Gasteiger partial charge in [0.2, 0.25) is 0 Å². The Balaban J connectivity index is 3.13. The summed E-state index contributed by atoms with van der Waals surface area (Å²) in [6, 6.07) is 1.50. The number of carbonyl (C=O) groups is 1. The summed E-state index contributed by atoms with van der Waals surface area (Å²) in [6.07, 6.45) is 0. The molecule has 1 amide bonds. The van der Waals surface area contributed by atoms with Gasteiger partial charge in [0.15, 0.2) is 0 Å². The van der Waals surface area contributed by atoms with Gasteiger partial charge in [-0.2, -0.15) is 9.78 Å². The van der Waals surface area contributed by atoms with Crippen LogP contribution >= 0.6 is 0 Å². The lowest BCUT2D eigenvalue weighted by Crippen LogP contribution is -2.29. The quantitative estimate of drug-likeness (QED) is 0.701. The first-order chi connectivity index (χ1) is 6.73. The molecule has 0 aliphatic heterocycles. The number of amides is 1. The fourth-order valence-corrected chi connectivity index (χ4v) is 1.10. The predicted octanol–water partition coefficient (Wildman–Crippen LogP) is 1.29. The van der Waals surface area contributed by atoms with E-state index in [0.29, 0.717) is 5.82 Å². The van der Waals surface area contributed by atoms with Crippen LogP contribution in [0.2, 0.25) is 0 Å². The van der Waals surface area contributed by atoms with Crippen LogP contribution in [0, 0.1) is 0 Å². The van der Waals surface area contributed by atoms with Gasteiger partial charge in [-0.05, 0) is 0 Å². The molecule has 1 rings (SSSR count). The van der Waals surface area contributed by atoms with E-state index in [1.807, 2.05) is 20.8 Å². The van der Waals surface area contributed by atoms with Crippen molar-refractivity contribution in [3.8, 4) is 0 Å². The van der Waals surface area contributed by atoms with Crippen LogP contribution in [-0.4, -0.2) is 34.8 Å². The zero-order valence-electron chi connectivity index (χ0n) is 9.90. The first-order valence-electron chi connectivity index (χ1n) is 4.81. The summed E-state index contributed by atoms with van der Waals surface area (Å²) in [6.45, 7) is 6.08. The molecule has 15 heavy (non-hydrogen) atoms. The van der Waals surface area contributed by atoms with E-state index < -0.39 is 0 Å². The summed E-state index contributed by atoms with van der Waals surface area (Å²) in [5.74, 6) is 0.374. The first kappa shape index (κ1) is 11.6. The number of hydrogen-bond donors (Lipinski definition) is 1. The summed E-state index contributed by atoms with van der Waals surface area (Å²) in [7, 11) is 3.33. The minimum Gasteiger partial charge on any atom is -0.383 e. The zero-order valence-corrected chi connectivity index (χ0v) is 9.90. The lowest BCUT2D eigenvalue weighted by Gasteiger charge is -2.14. The van der Waals surface area contributed by atoms with Crippen molar-refractivity contribution in [3.63, 3.8) is 0 Å². The third-order valence-electron chi connectivity index (χ3n) is 2.07. The number of aromatic nitrogens is 2. The molecule has 0 spiro atoms. The average Bonchev–Trinajstić information content (AvgIpc) is 2.45. The van der Waals surface area contributed by atoms with Crippen molar-refractivity contribution in [2.75, 3.05) is 19.8 Å². The van der Waals surface area contributed by atoms with Gasteiger partial charge >= 0.3 is 6.03 Å². The maximum atomic E-state index is 11.7. The third-order valence-corrected chi connectivity index (χ3v) is 2.07. The smallest absolute Gasteiger partial charge is 0.346 e. The minimum atomic E-state index is -0.233. The number of hydrogen-bond acceptors (Lipinski definition) is 3. The summed E-state index contributed by atoms with van der Waals surface area (Å²) in [5.41, 5.74) is 6.44. The number of carbonyl (C=O) groups excluding carboxylic acids is 1. The van der Waals surface area contributed by atoms with Crippen LogP contribution in [-0.2, 0) is 5.41 Å². The van der Waals surface area contributed by atoms with E-state index in [0.717, 1.165) is 5.69 Å². The van der Waals surface area contributed by atoms with Gasteiger partial charge in [-0.25, -0.2) is 4.79 Å². The second-order valence-electron chi connectivity index (χ2n) is 4.79. The molecule has 0 bridgehead atoms. The predicted molar refractivity (Wildman–Crippen MR) is 59.8 cm³/mol. The normalized spacial score (nSPS) is 11.5. The minimum absolute atomic E-state index is 0.105. The van der Waals surface area contributed by atoms with E-state index in [9.17, 15) is 4.79 Å². The molecule has 0 saturated carbocycles. The molecule has 5 nitrogen and oxygen atoms in total. The average molecular weight is 210 g/mol. The topological polar surface area (TPSA) is 64.2 Å². The van der Waals surface area contributed by atoms with Gasteiger partial charge in [0.25, 0.3) is 0 Å². The number of rotatable bonds is 0. The van der Waals surface area contributed by atoms with Gasteiger partial charge in [-0.15, -0.1) is 0 Å². The number of nitrogen functional groups attached to an aromatic ring is 1. The zero-order chi connectivity index (χ0) is 11.8. The standard InChI is InChI=1S/C10H18N4O/c1-10(2,3)7-6-8(11)14(12-7)9(15)13(4)5/h6H,11H2,1-5H3. The van der Waals surface area contributed by atoms with Crippen LogP contribution in [0.25, 0.3) is 0 Å². The van der Waals surface area contributed by atoms with E-state index in [4.69, 9.17) is 5.73 Å². The SMILES string of the molecule is CN(C)C(=O)n1nc(C(C)(C)C)cc1N. The number of nitrogens with two attached hydrogens (primary N) is 1. The molecular formula is C10H18N4O. The fraction of sp³-hybridized carbons (Fsp3) is 0.600. The molecule has 0 fully saturated rings. The Bertz CT molecular complexity index is 373. The van der Waals surface area contributed by atoms with Crippen LogP contribution in [0.3, 0.4) is 0 Å². The molecule has 0 unspecified atom stereocenters. The van der Waals surface area contributed by atoms with E-state index in [2.05, 4.69) is 5.10 Å². The molecule has 1 aromatic heterocycles. The van der Waals surface area contributed by atoms with E-state index in [1.54, 1.807) is 20.2 Å². The molecule has 0 aliphatic carbocycles. The van der Waals surface area contributed by atoms with E-state index >= 15 is 0 Å². The van der Waals surface area contributed by atoms with Crippen molar-refractivity contribution in [2.45, 2.75) is 26.2 Å². The van der Waals surface area contributed by atoms with Crippen LogP contribution in [0.4, 0.5) is 10.6 Å². The Kier molecular flexibility index (Phi) is 2.75. The van der Waals surface area contributed by atoms with Crippen molar-refractivity contribution < 1.29 is 4.79 Å². The largest absolute Gasteiger partial charge is 0.383 e. The van der Waals surface area contributed by atoms with Crippen molar-refractivity contribution in [1.82, 2.24) is 14.7 Å². The molecule has 0 saturated heterocycles. The van der Waals surface area contributed by atoms with Crippen molar-refractivity contribution >= 4 is 11.8 Å². The van der Waals surface area contributed by atoms with Gasteiger partial charge in [0, 0.05) is 25.6 Å².